The Labute approximate surface area is 133 Å². The van der Waals surface area contributed by atoms with E-state index in [0.717, 1.165) is 22.2 Å². The minimum absolute atomic E-state index is 0.233. The number of hydrogen-bond acceptors (Lipinski definition) is 4. The van der Waals surface area contributed by atoms with Crippen LogP contribution in [0.25, 0.3) is 6.08 Å². The number of nitrogens with zero attached hydrogens (tertiary/aromatic N) is 1. The smallest absolute Gasteiger partial charge is 0.294 e. The minimum Gasteiger partial charge on any atom is -0.354 e. The number of carbonyl (C=O) groups is 3. The molecule has 0 unspecified atom stereocenters. The van der Waals surface area contributed by atoms with Crippen LogP contribution >= 0.6 is 11.8 Å². The molecule has 0 bridgehead atoms. The summed E-state index contributed by atoms with van der Waals surface area (Å²) in [6.45, 7) is 4.24. The molecule has 0 atom stereocenters. The molecule has 0 aliphatic carbocycles. The molecule has 0 radical (unpaired) electrons. The fraction of sp³-hybridized carbons (Fsp3) is 0.312. The zero-order chi connectivity index (χ0) is 16.1. The van der Waals surface area contributed by atoms with E-state index in [-0.39, 0.29) is 12.5 Å². The molecule has 116 valence electrons. The van der Waals surface area contributed by atoms with Crippen LogP contribution in [0.15, 0.2) is 35.2 Å². The topological polar surface area (TPSA) is 66.5 Å². The summed E-state index contributed by atoms with van der Waals surface area (Å²) in [5.74, 6) is -0.424. The first kappa shape index (κ1) is 16.3. The molecule has 0 spiro atoms. The number of nitrogens with one attached hydrogen (secondary N) is 1. The number of hydrogen-bond donors (Lipinski definition) is 1. The van der Waals surface area contributed by atoms with Crippen LogP contribution in [0.3, 0.4) is 0 Å². The molecule has 1 N–H and O–H groups in total. The highest BCUT2D eigenvalue weighted by atomic mass is 32.2. The summed E-state index contributed by atoms with van der Waals surface area (Å²) in [4.78, 5) is 37.2. The molecule has 1 aliphatic heterocycles. The molecule has 0 saturated carbocycles. The van der Waals surface area contributed by atoms with Crippen molar-refractivity contribution in [3.63, 3.8) is 0 Å². The van der Waals surface area contributed by atoms with Gasteiger partial charge in [0.1, 0.15) is 6.54 Å². The van der Waals surface area contributed by atoms with E-state index >= 15 is 0 Å². The highest BCUT2D eigenvalue weighted by molar-refractivity contribution is 8.18. The summed E-state index contributed by atoms with van der Waals surface area (Å²) in [6, 6.07) is 9.29. The van der Waals surface area contributed by atoms with Gasteiger partial charge in [-0.25, -0.2) is 0 Å². The van der Waals surface area contributed by atoms with Gasteiger partial charge in [-0.1, -0.05) is 44.2 Å². The predicted molar refractivity (Wildman–Crippen MR) is 87.0 cm³/mol. The minimum atomic E-state index is -0.418. The highest BCUT2D eigenvalue weighted by Crippen LogP contribution is 2.31. The Morgan fingerprint density at radius 3 is 2.59 bits per heavy atom. The van der Waals surface area contributed by atoms with E-state index in [9.17, 15) is 14.4 Å². The van der Waals surface area contributed by atoms with E-state index in [4.69, 9.17) is 0 Å². The van der Waals surface area contributed by atoms with E-state index in [1.807, 2.05) is 44.2 Å². The van der Waals surface area contributed by atoms with E-state index < -0.39 is 11.1 Å². The molecule has 3 amide bonds. The average molecular weight is 318 g/mol. The third-order valence-corrected chi connectivity index (χ3v) is 3.89. The SMILES string of the molecule is CC(C)CNC(=O)CN1C(=O)S/C(=C\c2ccccc2)C1=O. The summed E-state index contributed by atoms with van der Waals surface area (Å²) >= 11 is 0.862. The molecule has 1 heterocycles. The Bertz CT molecular complexity index is 611. The van der Waals surface area contributed by atoms with Crippen LogP contribution in [-0.4, -0.2) is 35.0 Å². The maximum absolute atomic E-state index is 12.2. The van der Waals surface area contributed by atoms with Crippen molar-refractivity contribution in [2.45, 2.75) is 13.8 Å². The lowest BCUT2D eigenvalue weighted by molar-refractivity contribution is -0.129. The third kappa shape index (κ3) is 4.21. The summed E-state index contributed by atoms with van der Waals surface area (Å²) in [6.07, 6.45) is 1.66. The maximum Gasteiger partial charge on any atom is 0.294 e. The first-order valence-corrected chi connectivity index (χ1v) is 7.86. The second-order valence-corrected chi connectivity index (χ2v) is 6.37. The maximum atomic E-state index is 12.2. The fourth-order valence-electron chi connectivity index (χ4n) is 1.85. The van der Waals surface area contributed by atoms with Crippen molar-refractivity contribution in [2.24, 2.45) is 5.92 Å². The van der Waals surface area contributed by atoms with Crippen LogP contribution in [0, 0.1) is 5.92 Å². The molecule has 1 saturated heterocycles. The van der Waals surface area contributed by atoms with Crippen molar-refractivity contribution in [1.29, 1.82) is 0 Å². The van der Waals surface area contributed by atoms with Gasteiger partial charge in [-0.3, -0.25) is 19.3 Å². The largest absolute Gasteiger partial charge is 0.354 e. The van der Waals surface area contributed by atoms with Crippen molar-refractivity contribution in [2.75, 3.05) is 13.1 Å². The first-order valence-electron chi connectivity index (χ1n) is 7.04. The number of amides is 3. The van der Waals surface area contributed by atoms with Crippen molar-refractivity contribution in [3.05, 3.63) is 40.8 Å². The Balaban J connectivity index is 2.03. The van der Waals surface area contributed by atoms with E-state index in [0.29, 0.717) is 17.4 Å². The van der Waals surface area contributed by atoms with Crippen molar-refractivity contribution in [3.8, 4) is 0 Å². The van der Waals surface area contributed by atoms with Gasteiger partial charge in [0.15, 0.2) is 0 Å². The third-order valence-electron chi connectivity index (χ3n) is 2.98. The van der Waals surface area contributed by atoms with Crippen LogP contribution < -0.4 is 5.32 Å². The van der Waals surface area contributed by atoms with Gasteiger partial charge in [-0.2, -0.15) is 0 Å². The molecule has 5 nitrogen and oxygen atoms in total. The number of carbonyl (C=O) groups excluding carboxylic acids is 3. The predicted octanol–water partition coefficient (Wildman–Crippen LogP) is 2.50. The van der Waals surface area contributed by atoms with Crippen LogP contribution in [0.1, 0.15) is 19.4 Å². The summed E-state index contributed by atoms with van der Waals surface area (Å²) in [5, 5.41) is 2.29. The summed E-state index contributed by atoms with van der Waals surface area (Å²) in [5.41, 5.74) is 0.845. The molecule has 1 fully saturated rings. The fourth-order valence-corrected chi connectivity index (χ4v) is 2.69. The molecular weight excluding hydrogens is 300 g/mol. The Morgan fingerprint density at radius 1 is 1.27 bits per heavy atom. The molecule has 22 heavy (non-hydrogen) atoms. The Hall–Kier alpha value is -2.08. The lowest BCUT2D eigenvalue weighted by atomic mass is 10.2. The highest BCUT2D eigenvalue weighted by Gasteiger charge is 2.36. The zero-order valence-electron chi connectivity index (χ0n) is 12.5. The van der Waals surface area contributed by atoms with Gasteiger partial charge in [0.2, 0.25) is 5.91 Å². The number of imide groups is 1. The zero-order valence-corrected chi connectivity index (χ0v) is 13.4. The molecule has 1 aromatic rings. The van der Waals surface area contributed by atoms with Crippen LogP contribution in [0.5, 0.6) is 0 Å². The van der Waals surface area contributed by atoms with Crippen molar-refractivity contribution >= 4 is 34.9 Å². The van der Waals surface area contributed by atoms with Crippen LogP contribution in [0.4, 0.5) is 4.79 Å². The van der Waals surface area contributed by atoms with Crippen LogP contribution in [-0.2, 0) is 9.59 Å². The normalized spacial score (nSPS) is 16.7. The molecular formula is C16H18N2O3S. The number of benzene rings is 1. The number of rotatable bonds is 5. The molecule has 0 aromatic heterocycles. The second kappa shape index (κ2) is 7.26. The van der Waals surface area contributed by atoms with E-state index in [1.165, 1.54) is 0 Å². The van der Waals surface area contributed by atoms with Crippen LogP contribution in [0.2, 0.25) is 0 Å². The lowest BCUT2D eigenvalue weighted by Gasteiger charge is -2.13. The van der Waals surface area contributed by atoms with Gasteiger partial charge in [0.05, 0.1) is 4.91 Å². The molecule has 2 rings (SSSR count). The van der Waals surface area contributed by atoms with Gasteiger partial charge in [-0.15, -0.1) is 0 Å². The second-order valence-electron chi connectivity index (χ2n) is 5.38. The van der Waals surface area contributed by atoms with Gasteiger partial charge >= 0.3 is 0 Å². The van der Waals surface area contributed by atoms with Crippen molar-refractivity contribution < 1.29 is 14.4 Å². The Morgan fingerprint density at radius 2 is 1.95 bits per heavy atom. The Kier molecular flexibility index (Phi) is 5.38. The van der Waals surface area contributed by atoms with Gasteiger partial charge < -0.3 is 5.32 Å². The number of thioether (sulfide) groups is 1. The van der Waals surface area contributed by atoms with Crippen molar-refractivity contribution in [1.82, 2.24) is 10.2 Å². The monoisotopic (exact) mass is 318 g/mol. The average Bonchev–Trinajstić information content (AvgIpc) is 2.74. The molecule has 1 aliphatic rings. The van der Waals surface area contributed by atoms with Gasteiger partial charge in [-0.05, 0) is 29.3 Å². The van der Waals surface area contributed by atoms with Gasteiger partial charge in [0.25, 0.3) is 11.1 Å². The summed E-state index contributed by atoms with van der Waals surface area (Å²) < 4.78 is 0. The lowest BCUT2D eigenvalue weighted by Crippen LogP contribution is -2.40. The van der Waals surface area contributed by atoms with E-state index in [1.54, 1.807) is 6.08 Å². The summed E-state index contributed by atoms with van der Waals surface area (Å²) in [7, 11) is 0. The van der Waals surface area contributed by atoms with Gasteiger partial charge in [0, 0.05) is 6.54 Å². The quantitative estimate of drug-likeness (QED) is 0.847. The first-order chi connectivity index (χ1) is 10.5. The molecule has 6 heteroatoms. The molecule has 1 aromatic carbocycles. The van der Waals surface area contributed by atoms with E-state index in [2.05, 4.69) is 5.32 Å². The standard InChI is InChI=1S/C16H18N2O3S/c1-11(2)9-17-14(19)10-18-15(20)13(22-16(18)21)8-12-6-4-3-5-7-12/h3-8,11H,9-10H2,1-2H3,(H,17,19)/b13-8-.